The van der Waals surface area contributed by atoms with Crippen molar-refractivity contribution in [3.63, 3.8) is 0 Å². The minimum Gasteiger partial charge on any atom is -0.277 e. The van der Waals surface area contributed by atoms with Gasteiger partial charge in [-0.15, -0.1) is 0 Å². The molecule has 5 heteroatoms. The van der Waals surface area contributed by atoms with E-state index in [4.69, 9.17) is 23.2 Å². The van der Waals surface area contributed by atoms with Crippen molar-refractivity contribution < 1.29 is 0 Å². The van der Waals surface area contributed by atoms with Crippen LogP contribution in [0.2, 0.25) is 10.0 Å². The summed E-state index contributed by atoms with van der Waals surface area (Å²) in [6, 6.07) is 11.0. The van der Waals surface area contributed by atoms with Crippen molar-refractivity contribution in [1.82, 2.24) is 4.37 Å². The van der Waals surface area contributed by atoms with Crippen molar-refractivity contribution in [2.45, 2.75) is 0 Å². The van der Waals surface area contributed by atoms with Gasteiger partial charge < -0.3 is 0 Å². The topological polar surface area (TPSA) is 32.9 Å². The Labute approximate surface area is 117 Å². The Balaban J connectivity index is 2.24. The molecule has 90 valence electrons. The van der Waals surface area contributed by atoms with Crippen LogP contribution in [0, 0.1) is 0 Å². The summed E-state index contributed by atoms with van der Waals surface area (Å²) in [6.07, 6.45) is 0. The minimum absolute atomic E-state index is 0.0677. The second kappa shape index (κ2) is 4.43. The molecule has 2 aromatic carbocycles. The van der Waals surface area contributed by atoms with E-state index in [1.54, 1.807) is 12.1 Å². The van der Waals surface area contributed by atoms with E-state index in [2.05, 4.69) is 4.37 Å². The van der Waals surface area contributed by atoms with E-state index in [1.165, 1.54) is 11.5 Å². The molecule has 1 aromatic heterocycles. The molecular formula is C13H7Cl2NOS. The maximum absolute atomic E-state index is 11.6. The van der Waals surface area contributed by atoms with E-state index >= 15 is 0 Å². The number of hydrogen-bond donors (Lipinski definition) is 1. The lowest BCUT2D eigenvalue weighted by Gasteiger charge is -2.04. The van der Waals surface area contributed by atoms with Crippen LogP contribution in [0.4, 0.5) is 0 Å². The fourth-order valence-corrected chi connectivity index (χ4v) is 3.07. The van der Waals surface area contributed by atoms with Crippen LogP contribution in [0.15, 0.2) is 41.2 Å². The molecule has 0 amide bonds. The summed E-state index contributed by atoms with van der Waals surface area (Å²) in [5, 5.41) is 1.86. The highest BCUT2D eigenvalue weighted by Crippen LogP contribution is 2.31. The van der Waals surface area contributed by atoms with Gasteiger partial charge in [-0.2, -0.15) is 0 Å². The standard InChI is InChI=1S/C13H7Cl2NOS/c14-8-2-3-9(11(15)6-8)7-1-4-12-10(5-7)13(17)16-18-12/h1-6H,(H,16,17). The number of aromatic amines is 1. The fraction of sp³-hybridized carbons (Fsp3) is 0. The molecule has 1 heterocycles. The molecule has 3 rings (SSSR count). The Morgan fingerprint density at radius 3 is 2.67 bits per heavy atom. The molecule has 0 unspecified atom stereocenters. The number of benzene rings is 2. The lowest BCUT2D eigenvalue weighted by Crippen LogP contribution is -1.96. The highest BCUT2D eigenvalue weighted by molar-refractivity contribution is 7.13. The fourth-order valence-electron chi connectivity index (χ4n) is 1.84. The summed E-state index contributed by atoms with van der Waals surface area (Å²) in [7, 11) is 0. The number of aromatic nitrogens is 1. The smallest absolute Gasteiger partial charge is 0.265 e. The van der Waals surface area contributed by atoms with E-state index in [1.807, 2.05) is 24.3 Å². The molecule has 0 aliphatic heterocycles. The first kappa shape index (κ1) is 11.8. The van der Waals surface area contributed by atoms with Crippen LogP contribution >= 0.6 is 34.7 Å². The molecule has 0 atom stereocenters. The number of nitrogens with one attached hydrogen (secondary N) is 1. The first-order valence-electron chi connectivity index (χ1n) is 5.22. The lowest BCUT2D eigenvalue weighted by atomic mass is 10.0. The van der Waals surface area contributed by atoms with Gasteiger partial charge in [0.15, 0.2) is 0 Å². The molecule has 0 radical (unpaired) electrons. The zero-order valence-corrected chi connectivity index (χ0v) is 11.4. The van der Waals surface area contributed by atoms with Gasteiger partial charge in [-0.25, -0.2) is 0 Å². The third-order valence-corrected chi connectivity index (χ3v) is 4.13. The quantitative estimate of drug-likeness (QED) is 0.701. The number of rotatable bonds is 1. The van der Waals surface area contributed by atoms with E-state index in [0.29, 0.717) is 15.4 Å². The molecule has 3 aromatic rings. The summed E-state index contributed by atoms with van der Waals surface area (Å²) in [5.41, 5.74) is 1.71. The Bertz CT molecular complexity index is 791. The molecular weight excluding hydrogens is 289 g/mol. The summed E-state index contributed by atoms with van der Waals surface area (Å²) in [5.74, 6) is 0. The summed E-state index contributed by atoms with van der Waals surface area (Å²) >= 11 is 13.4. The first-order valence-corrected chi connectivity index (χ1v) is 6.79. The van der Waals surface area contributed by atoms with Crippen molar-refractivity contribution in [3.05, 3.63) is 56.8 Å². The molecule has 0 saturated carbocycles. The SMILES string of the molecule is O=c1[nH]sc2ccc(-c3ccc(Cl)cc3Cl)cc12. The van der Waals surface area contributed by atoms with Crippen LogP contribution < -0.4 is 5.56 Å². The summed E-state index contributed by atoms with van der Waals surface area (Å²) < 4.78 is 3.65. The zero-order chi connectivity index (χ0) is 12.7. The monoisotopic (exact) mass is 295 g/mol. The highest BCUT2D eigenvalue weighted by atomic mass is 35.5. The maximum atomic E-state index is 11.6. The Morgan fingerprint density at radius 1 is 1.06 bits per heavy atom. The highest BCUT2D eigenvalue weighted by Gasteiger charge is 2.07. The normalized spacial score (nSPS) is 11.0. The van der Waals surface area contributed by atoms with Crippen molar-refractivity contribution in [2.75, 3.05) is 0 Å². The number of H-pyrrole nitrogens is 1. The average molecular weight is 296 g/mol. The predicted octanol–water partition coefficient (Wildman–Crippen LogP) is 4.56. The van der Waals surface area contributed by atoms with Crippen molar-refractivity contribution >= 4 is 44.8 Å². The van der Waals surface area contributed by atoms with Gasteiger partial charge in [-0.05, 0) is 29.8 Å². The number of hydrogen-bond acceptors (Lipinski definition) is 2. The average Bonchev–Trinajstić information content (AvgIpc) is 2.71. The number of fused-ring (bicyclic) bond motifs is 1. The van der Waals surface area contributed by atoms with E-state index in [0.717, 1.165) is 15.8 Å². The third-order valence-electron chi connectivity index (χ3n) is 2.72. The summed E-state index contributed by atoms with van der Waals surface area (Å²) in [6.45, 7) is 0. The van der Waals surface area contributed by atoms with Gasteiger partial charge in [-0.3, -0.25) is 9.17 Å². The van der Waals surface area contributed by atoms with Crippen LogP contribution in [0.3, 0.4) is 0 Å². The predicted molar refractivity (Wildman–Crippen MR) is 77.9 cm³/mol. The van der Waals surface area contributed by atoms with Gasteiger partial charge in [0.05, 0.1) is 10.1 Å². The molecule has 0 saturated heterocycles. The van der Waals surface area contributed by atoms with E-state index in [9.17, 15) is 4.79 Å². The largest absolute Gasteiger partial charge is 0.277 e. The molecule has 0 aliphatic carbocycles. The zero-order valence-electron chi connectivity index (χ0n) is 9.04. The van der Waals surface area contributed by atoms with Crippen LogP contribution in [-0.4, -0.2) is 4.37 Å². The molecule has 18 heavy (non-hydrogen) atoms. The lowest BCUT2D eigenvalue weighted by molar-refractivity contribution is 1.46. The van der Waals surface area contributed by atoms with Crippen LogP contribution in [0.25, 0.3) is 21.2 Å². The van der Waals surface area contributed by atoms with Crippen molar-refractivity contribution in [2.24, 2.45) is 0 Å². The van der Waals surface area contributed by atoms with Crippen LogP contribution in [0.5, 0.6) is 0 Å². The second-order valence-corrected chi connectivity index (χ2v) is 5.56. The minimum atomic E-state index is -0.0677. The van der Waals surface area contributed by atoms with Crippen molar-refractivity contribution in [1.29, 1.82) is 0 Å². The van der Waals surface area contributed by atoms with Gasteiger partial charge >= 0.3 is 0 Å². The van der Waals surface area contributed by atoms with Gasteiger partial charge in [-0.1, -0.05) is 46.9 Å². The second-order valence-electron chi connectivity index (χ2n) is 3.87. The molecule has 0 fully saturated rings. The van der Waals surface area contributed by atoms with Gasteiger partial charge in [0.2, 0.25) is 0 Å². The Morgan fingerprint density at radius 2 is 1.89 bits per heavy atom. The maximum Gasteiger partial charge on any atom is 0.265 e. The van der Waals surface area contributed by atoms with Gasteiger partial charge in [0.25, 0.3) is 5.56 Å². The third kappa shape index (κ3) is 1.94. The van der Waals surface area contributed by atoms with E-state index in [-0.39, 0.29) is 5.56 Å². The summed E-state index contributed by atoms with van der Waals surface area (Å²) in [4.78, 5) is 11.6. The molecule has 2 nitrogen and oxygen atoms in total. The molecule has 0 aliphatic rings. The van der Waals surface area contributed by atoms with Gasteiger partial charge in [0.1, 0.15) is 0 Å². The molecule has 0 bridgehead atoms. The van der Waals surface area contributed by atoms with Crippen LogP contribution in [-0.2, 0) is 0 Å². The Hall–Kier alpha value is -1.29. The first-order chi connectivity index (χ1) is 8.65. The van der Waals surface area contributed by atoms with Crippen LogP contribution in [0.1, 0.15) is 0 Å². The Kier molecular flexibility index (Phi) is 2.90. The molecule has 0 spiro atoms. The van der Waals surface area contributed by atoms with Gasteiger partial charge in [0, 0.05) is 15.6 Å². The molecule has 1 N–H and O–H groups in total. The number of halogens is 2. The van der Waals surface area contributed by atoms with Crippen molar-refractivity contribution in [3.8, 4) is 11.1 Å². The van der Waals surface area contributed by atoms with E-state index < -0.39 is 0 Å².